The van der Waals surface area contributed by atoms with Crippen LogP contribution in [-0.4, -0.2) is 31.8 Å². The molecule has 1 amide bonds. The zero-order valence-electron chi connectivity index (χ0n) is 21.9. The number of methoxy groups -OCH3 is 3. The highest BCUT2D eigenvalue weighted by atomic mass is 32.1. The van der Waals surface area contributed by atoms with Crippen molar-refractivity contribution in [2.45, 2.75) is 13.0 Å². The number of hydrogen-bond acceptors (Lipinski definition) is 7. The zero-order chi connectivity index (χ0) is 27.5. The molecule has 2 heterocycles. The van der Waals surface area contributed by atoms with Gasteiger partial charge in [-0.25, -0.2) is 4.99 Å². The third-order valence-corrected chi connectivity index (χ3v) is 7.40. The number of aromatic nitrogens is 1. The lowest BCUT2D eigenvalue weighted by molar-refractivity contribution is -0.113. The molecule has 0 saturated carbocycles. The SMILES string of the molecule is COc1cccc([C@@H]2C(C(=O)Nc3ccccc3)=C(C)N=c3s/c(=C\c4ccc(OC)c(OC)c4)c(=O)n32)c1. The third-order valence-electron chi connectivity index (χ3n) is 6.41. The van der Waals surface area contributed by atoms with Gasteiger partial charge in [0.1, 0.15) is 5.75 Å². The van der Waals surface area contributed by atoms with E-state index in [1.165, 1.54) is 11.3 Å². The van der Waals surface area contributed by atoms with Gasteiger partial charge in [-0.2, -0.15) is 0 Å². The molecule has 198 valence electrons. The van der Waals surface area contributed by atoms with Crippen LogP contribution < -0.4 is 34.4 Å². The average Bonchev–Trinajstić information content (AvgIpc) is 3.26. The number of ether oxygens (including phenoxy) is 3. The molecule has 0 unspecified atom stereocenters. The number of allylic oxidation sites excluding steroid dienone is 1. The molecule has 9 heteroatoms. The smallest absolute Gasteiger partial charge is 0.271 e. The van der Waals surface area contributed by atoms with Crippen LogP contribution in [0.3, 0.4) is 0 Å². The number of carbonyl (C=O) groups is 1. The van der Waals surface area contributed by atoms with E-state index in [4.69, 9.17) is 19.2 Å². The van der Waals surface area contributed by atoms with Crippen LogP contribution in [0.2, 0.25) is 0 Å². The fourth-order valence-electron chi connectivity index (χ4n) is 4.55. The largest absolute Gasteiger partial charge is 0.497 e. The Morgan fingerprint density at radius 3 is 2.44 bits per heavy atom. The van der Waals surface area contributed by atoms with Gasteiger partial charge in [-0.3, -0.25) is 14.2 Å². The Balaban J connectivity index is 1.67. The number of thiazole rings is 1. The predicted octanol–water partition coefficient (Wildman–Crippen LogP) is 3.90. The van der Waals surface area contributed by atoms with Gasteiger partial charge < -0.3 is 19.5 Å². The van der Waals surface area contributed by atoms with Crippen LogP contribution in [0.1, 0.15) is 24.1 Å². The maximum atomic E-state index is 13.9. The highest BCUT2D eigenvalue weighted by Crippen LogP contribution is 2.32. The van der Waals surface area contributed by atoms with Gasteiger partial charge in [-0.1, -0.05) is 47.7 Å². The van der Waals surface area contributed by atoms with Crippen molar-refractivity contribution in [3.8, 4) is 17.2 Å². The van der Waals surface area contributed by atoms with E-state index in [-0.39, 0.29) is 11.5 Å². The van der Waals surface area contributed by atoms with Gasteiger partial charge in [0.2, 0.25) is 0 Å². The van der Waals surface area contributed by atoms with Crippen LogP contribution in [0.15, 0.2) is 93.9 Å². The molecule has 0 aliphatic carbocycles. The Morgan fingerprint density at radius 2 is 1.72 bits per heavy atom. The van der Waals surface area contributed by atoms with Gasteiger partial charge in [-0.15, -0.1) is 0 Å². The summed E-state index contributed by atoms with van der Waals surface area (Å²) < 4.78 is 18.3. The van der Waals surface area contributed by atoms with Crippen LogP contribution in [0, 0.1) is 0 Å². The summed E-state index contributed by atoms with van der Waals surface area (Å²) >= 11 is 1.27. The summed E-state index contributed by atoms with van der Waals surface area (Å²) in [6.07, 6.45) is 1.79. The highest BCUT2D eigenvalue weighted by Gasteiger charge is 2.32. The molecule has 0 fully saturated rings. The van der Waals surface area contributed by atoms with Crippen LogP contribution in [0.5, 0.6) is 17.2 Å². The van der Waals surface area contributed by atoms with E-state index < -0.39 is 6.04 Å². The number of rotatable bonds is 7. The second-order valence-electron chi connectivity index (χ2n) is 8.79. The van der Waals surface area contributed by atoms with Gasteiger partial charge in [0, 0.05) is 5.69 Å². The third kappa shape index (κ3) is 5.08. The molecule has 1 aliphatic heterocycles. The van der Waals surface area contributed by atoms with Gasteiger partial charge >= 0.3 is 0 Å². The van der Waals surface area contributed by atoms with Gasteiger partial charge in [0.25, 0.3) is 11.5 Å². The van der Waals surface area contributed by atoms with Crippen molar-refractivity contribution in [1.29, 1.82) is 0 Å². The van der Waals surface area contributed by atoms with Gasteiger partial charge in [0.05, 0.1) is 43.2 Å². The van der Waals surface area contributed by atoms with E-state index in [1.807, 2.05) is 60.7 Å². The lowest BCUT2D eigenvalue weighted by atomic mass is 9.95. The first kappa shape index (κ1) is 26.0. The Bertz CT molecular complexity index is 1760. The van der Waals surface area contributed by atoms with E-state index in [0.717, 1.165) is 11.1 Å². The van der Waals surface area contributed by atoms with Crippen LogP contribution in [0.25, 0.3) is 6.08 Å². The minimum absolute atomic E-state index is 0.251. The van der Waals surface area contributed by atoms with Crippen molar-refractivity contribution < 1.29 is 19.0 Å². The highest BCUT2D eigenvalue weighted by molar-refractivity contribution is 7.07. The van der Waals surface area contributed by atoms with Gasteiger partial charge in [-0.05, 0) is 60.5 Å². The van der Waals surface area contributed by atoms with Crippen LogP contribution >= 0.6 is 11.3 Å². The number of nitrogens with one attached hydrogen (secondary N) is 1. The molecular formula is C30H27N3O5S. The quantitative estimate of drug-likeness (QED) is 0.383. The van der Waals surface area contributed by atoms with Gasteiger partial charge in [0.15, 0.2) is 16.3 Å². The van der Waals surface area contributed by atoms with Crippen molar-refractivity contribution in [3.05, 3.63) is 115 Å². The van der Waals surface area contributed by atoms with E-state index in [9.17, 15) is 9.59 Å². The lowest BCUT2D eigenvalue weighted by Gasteiger charge is -2.25. The van der Waals surface area contributed by atoms with E-state index in [1.54, 1.807) is 51.0 Å². The number of benzene rings is 3. The van der Waals surface area contributed by atoms with Crippen molar-refractivity contribution >= 4 is 29.0 Å². The van der Waals surface area contributed by atoms with Crippen molar-refractivity contribution in [2.75, 3.05) is 26.6 Å². The lowest BCUT2D eigenvalue weighted by Crippen LogP contribution is -2.40. The fourth-order valence-corrected chi connectivity index (χ4v) is 5.60. The minimum Gasteiger partial charge on any atom is -0.497 e. The Hall–Kier alpha value is -4.63. The Kier molecular flexibility index (Phi) is 7.33. The van der Waals surface area contributed by atoms with Crippen molar-refractivity contribution in [1.82, 2.24) is 4.57 Å². The second kappa shape index (κ2) is 11.0. The zero-order valence-corrected chi connectivity index (χ0v) is 22.7. The molecule has 1 aromatic heterocycles. The molecule has 3 aromatic carbocycles. The topological polar surface area (TPSA) is 91.2 Å². The fraction of sp³-hybridized carbons (Fsp3) is 0.167. The maximum Gasteiger partial charge on any atom is 0.271 e. The first-order valence-corrected chi connectivity index (χ1v) is 13.0. The van der Waals surface area contributed by atoms with Crippen LogP contribution in [0.4, 0.5) is 5.69 Å². The van der Waals surface area contributed by atoms with E-state index >= 15 is 0 Å². The number of fused-ring (bicyclic) bond motifs is 1. The molecule has 39 heavy (non-hydrogen) atoms. The predicted molar refractivity (Wildman–Crippen MR) is 151 cm³/mol. The number of para-hydroxylation sites is 1. The minimum atomic E-state index is -0.701. The molecule has 0 radical (unpaired) electrons. The van der Waals surface area contributed by atoms with Crippen molar-refractivity contribution in [2.24, 2.45) is 4.99 Å². The summed E-state index contributed by atoms with van der Waals surface area (Å²) in [5.74, 6) is 1.45. The first-order chi connectivity index (χ1) is 18.9. The second-order valence-corrected chi connectivity index (χ2v) is 9.80. The molecule has 1 aliphatic rings. The first-order valence-electron chi connectivity index (χ1n) is 12.2. The summed E-state index contributed by atoms with van der Waals surface area (Å²) in [5, 5.41) is 2.96. The van der Waals surface area contributed by atoms with Crippen LogP contribution in [-0.2, 0) is 4.79 Å². The number of hydrogen-bond donors (Lipinski definition) is 1. The Morgan fingerprint density at radius 1 is 0.949 bits per heavy atom. The maximum absolute atomic E-state index is 13.9. The van der Waals surface area contributed by atoms with E-state index in [2.05, 4.69) is 5.32 Å². The molecule has 4 aromatic rings. The Labute approximate surface area is 229 Å². The molecule has 0 saturated heterocycles. The molecule has 1 N–H and O–H groups in total. The average molecular weight is 542 g/mol. The van der Waals surface area contributed by atoms with Crippen molar-refractivity contribution in [3.63, 3.8) is 0 Å². The summed E-state index contributed by atoms with van der Waals surface area (Å²) in [4.78, 5) is 32.8. The molecule has 5 rings (SSSR count). The number of anilines is 1. The summed E-state index contributed by atoms with van der Waals surface area (Å²) in [5.41, 5.74) is 2.83. The normalized spacial score (nSPS) is 14.9. The van der Waals surface area contributed by atoms with E-state index in [0.29, 0.717) is 43.5 Å². The molecule has 1 atom stereocenters. The summed E-state index contributed by atoms with van der Waals surface area (Å²) in [6.45, 7) is 1.79. The number of amides is 1. The molecule has 8 nitrogen and oxygen atoms in total. The standard InChI is InChI=1S/C30H27N3O5S/c1-18-26(28(34)32-21-10-6-5-7-11-21)27(20-9-8-12-22(17-20)36-2)33-29(35)25(39-30(33)31-18)16-19-13-14-23(37-3)24(15-19)38-4/h5-17,27H,1-4H3,(H,32,34)/b25-16-/t27-/m1/s1. The molecule has 0 bridgehead atoms. The molecule has 0 spiro atoms. The summed E-state index contributed by atoms with van der Waals surface area (Å²) in [6, 6.07) is 21.3. The molecular weight excluding hydrogens is 514 g/mol. The summed E-state index contributed by atoms with van der Waals surface area (Å²) in [7, 11) is 4.72. The monoisotopic (exact) mass is 541 g/mol. The number of carbonyl (C=O) groups excluding carboxylic acids is 1. The number of nitrogens with zero attached hydrogens (tertiary/aromatic N) is 2.